The maximum atomic E-state index is 5.96. The van der Waals surface area contributed by atoms with E-state index in [4.69, 9.17) is 5.73 Å². The van der Waals surface area contributed by atoms with Crippen LogP contribution in [0, 0.1) is 0 Å². The molecule has 2 atom stereocenters. The summed E-state index contributed by atoms with van der Waals surface area (Å²) in [7, 11) is 0. The SMILES string of the molecule is CCCCC(C)(CC)N1CC[C@H](N)C1. The Kier molecular flexibility index (Phi) is 4.39. The van der Waals surface area contributed by atoms with Crippen LogP contribution in [0.15, 0.2) is 0 Å². The van der Waals surface area contributed by atoms with Gasteiger partial charge in [0.2, 0.25) is 0 Å². The van der Waals surface area contributed by atoms with Gasteiger partial charge in [0.25, 0.3) is 0 Å². The summed E-state index contributed by atoms with van der Waals surface area (Å²) >= 11 is 0. The quantitative estimate of drug-likeness (QED) is 0.735. The van der Waals surface area contributed by atoms with Gasteiger partial charge in [0, 0.05) is 24.7 Å². The number of nitrogens with zero attached hydrogens (tertiary/aromatic N) is 1. The lowest BCUT2D eigenvalue weighted by Crippen LogP contribution is -2.45. The van der Waals surface area contributed by atoms with Gasteiger partial charge >= 0.3 is 0 Å². The highest BCUT2D eigenvalue weighted by Gasteiger charge is 2.33. The second kappa shape index (κ2) is 5.13. The Hall–Kier alpha value is -0.0800. The molecule has 0 saturated carbocycles. The third-order valence-corrected chi connectivity index (χ3v) is 3.82. The maximum absolute atomic E-state index is 5.96. The minimum Gasteiger partial charge on any atom is -0.326 e. The van der Waals surface area contributed by atoms with Crippen LogP contribution in [-0.2, 0) is 0 Å². The number of likely N-dealkylation sites (tertiary alicyclic amines) is 1. The van der Waals surface area contributed by atoms with Gasteiger partial charge in [0.1, 0.15) is 0 Å². The normalized spacial score (nSPS) is 27.9. The second-order valence-electron chi connectivity index (χ2n) is 4.95. The highest BCUT2D eigenvalue weighted by atomic mass is 15.2. The summed E-state index contributed by atoms with van der Waals surface area (Å²) in [5, 5.41) is 0. The van der Waals surface area contributed by atoms with Crippen molar-refractivity contribution >= 4 is 0 Å². The number of hydrogen-bond acceptors (Lipinski definition) is 2. The van der Waals surface area contributed by atoms with Crippen LogP contribution >= 0.6 is 0 Å². The van der Waals surface area contributed by atoms with E-state index in [1.807, 2.05) is 0 Å². The van der Waals surface area contributed by atoms with Crippen molar-refractivity contribution in [3.63, 3.8) is 0 Å². The second-order valence-corrected chi connectivity index (χ2v) is 4.95. The van der Waals surface area contributed by atoms with E-state index in [9.17, 15) is 0 Å². The summed E-state index contributed by atoms with van der Waals surface area (Å²) in [4.78, 5) is 2.60. The number of nitrogens with two attached hydrogens (primary N) is 1. The van der Waals surface area contributed by atoms with Crippen LogP contribution in [0.4, 0.5) is 0 Å². The number of unbranched alkanes of at least 4 members (excludes halogenated alkanes) is 1. The molecule has 1 saturated heterocycles. The van der Waals surface area contributed by atoms with Gasteiger partial charge in [-0.1, -0.05) is 26.7 Å². The zero-order valence-corrected chi connectivity index (χ0v) is 10.1. The summed E-state index contributed by atoms with van der Waals surface area (Å²) in [6, 6.07) is 0.419. The summed E-state index contributed by atoms with van der Waals surface area (Å²) in [5.41, 5.74) is 6.37. The third-order valence-electron chi connectivity index (χ3n) is 3.82. The molecule has 0 aromatic heterocycles. The average molecular weight is 198 g/mol. The molecule has 0 aromatic rings. The largest absolute Gasteiger partial charge is 0.326 e. The van der Waals surface area contributed by atoms with Crippen LogP contribution in [0.3, 0.4) is 0 Å². The van der Waals surface area contributed by atoms with Crippen molar-refractivity contribution in [1.29, 1.82) is 0 Å². The Labute approximate surface area is 88.8 Å². The molecule has 0 bridgehead atoms. The van der Waals surface area contributed by atoms with Gasteiger partial charge in [-0.25, -0.2) is 0 Å². The smallest absolute Gasteiger partial charge is 0.0180 e. The van der Waals surface area contributed by atoms with Crippen LogP contribution < -0.4 is 5.73 Å². The summed E-state index contributed by atoms with van der Waals surface area (Å²) in [6.07, 6.45) is 6.40. The first-order valence-corrected chi connectivity index (χ1v) is 6.13. The average Bonchev–Trinajstić information content (AvgIpc) is 2.62. The Morgan fingerprint density at radius 3 is 2.57 bits per heavy atom. The minimum atomic E-state index is 0.407. The lowest BCUT2D eigenvalue weighted by molar-refractivity contribution is 0.115. The zero-order chi connectivity index (χ0) is 10.6. The molecular formula is C12H26N2. The Bertz CT molecular complexity index is 170. The van der Waals surface area contributed by atoms with Crippen molar-refractivity contribution in [2.75, 3.05) is 13.1 Å². The molecule has 0 radical (unpaired) electrons. The summed E-state index contributed by atoms with van der Waals surface area (Å²) < 4.78 is 0. The first kappa shape index (κ1) is 12.0. The van der Waals surface area contributed by atoms with E-state index in [1.165, 1.54) is 38.6 Å². The van der Waals surface area contributed by atoms with E-state index in [2.05, 4.69) is 25.7 Å². The molecule has 1 aliphatic heterocycles. The fourth-order valence-electron chi connectivity index (χ4n) is 2.39. The first-order chi connectivity index (χ1) is 6.62. The molecule has 2 nitrogen and oxygen atoms in total. The topological polar surface area (TPSA) is 29.3 Å². The van der Waals surface area contributed by atoms with Crippen molar-refractivity contribution in [2.45, 2.75) is 64.5 Å². The molecule has 2 heteroatoms. The fraction of sp³-hybridized carbons (Fsp3) is 1.00. The minimum absolute atomic E-state index is 0.407. The van der Waals surface area contributed by atoms with E-state index in [0.717, 1.165) is 6.54 Å². The standard InChI is InChI=1S/C12H26N2/c1-4-6-8-12(3,5-2)14-9-7-11(13)10-14/h11H,4-10,13H2,1-3H3/t11-,12?/m0/s1. The van der Waals surface area contributed by atoms with E-state index in [-0.39, 0.29) is 0 Å². The van der Waals surface area contributed by atoms with Gasteiger partial charge in [-0.05, 0) is 26.2 Å². The van der Waals surface area contributed by atoms with E-state index in [1.54, 1.807) is 0 Å². The van der Waals surface area contributed by atoms with Gasteiger partial charge in [-0.2, -0.15) is 0 Å². The lowest BCUT2D eigenvalue weighted by atomic mass is 9.90. The van der Waals surface area contributed by atoms with Crippen molar-refractivity contribution < 1.29 is 0 Å². The molecular weight excluding hydrogens is 172 g/mol. The van der Waals surface area contributed by atoms with Crippen LogP contribution in [0.1, 0.15) is 52.9 Å². The molecule has 1 aliphatic rings. The molecule has 1 fully saturated rings. The molecule has 1 rings (SSSR count). The molecule has 0 amide bonds. The first-order valence-electron chi connectivity index (χ1n) is 6.13. The predicted molar refractivity (Wildman–Crippen MR) is 62.4 cm³/mol. The van der Waals surface area contributed by atoms with Crippen LogP contribution in [0.25, 0.3) is 0 Å². The van der Waals surface area contributed by atoms with Gasteiger partial charge in [0.05, 0.1) is 0 Å². The van der Waals surface area contributed by atoms with Crippen LogP contribution in [-0.4, -0.2) is 29.6 Å². The van der Waals surface area contributed by atoms with E-state index < -0.39 is 0 Å². The number of rotatable bonds is 5. The molecule has 0 spiro atoms. The van der Waals surface area contributed by atoms with Gasteiger partial charge in [-0.15, -0.1) is 0 Å². The Morgan fingerprint density at radius 1 is 1.43 bits per heavy atom. The van der Waals surface area contributed by atoms with Crippen molar-refractivity contribution in [3.05, 3.63) is 0 Å². The molecule has 84 valence electrons. The molecule has 0 aliphatic carbocycles. The molecule has 2 N–H and O–H groups in total. The predicted octanol–water partition coefficient (Wildman–Crippen LogP) is 2.38. The maximum Gasteiger partial charge on any atom is 0.0180 e. The lowest BCUT2D eigenvalue weighted by Gasteiger charge is -2.38. The third kappa shape index (κ3) is 2.71. The van der Waals surface area contributed by atoms with Crippen LogP contribution in [0.2, 0.25) is 0 Å². The van der Waals surface area contributed by atoms with Gasteiger partial charge in [-0.3, -0.25) is 4.90 Å². The molecule has 0 aromatic carbocycles. The molecule has 1 heterocycles. The van der Waals surface area contributed by atoms with Crippen molar-refractivity contribution in [3.8, 4) is 0 Å². The summed E-state index contributed by atoms with van der Waals surface area (Å²) in [6.45, 7) is 9.29. The monoisotopic (exact) mass is 198 g/mol. The highest BCUT2D eigenvalue weighted by Crippen LogP contribution is 2.28. The van der Waals surface area contributed by atoms with Gasteiger partial charge < -0.3 is 5.73 Å². The highest BCUT2D eigenvalue weighted by molar-refractivity contribution is 4.91. The fourth-order valence-corrected chi connectivity index (χ4v) is 2.39. The summed E-state index contributed by atoms with van der Waals surface area (Å²) in [5.74, 6) is 0. The zero-order valence-electron chi connectivity index (χ0n) is 10.1. The van der Waals surface area contributed by atoms with Crippen molar-refractivity contribution in [2.24, 2.45) is 5.73 Å². The van der Waals surface area contributed by atoms with Crippen molar-refractivity contribution in [1.82, 2.24) is 4.90 Å². The van der Waals surface area contributed by atoms with E-state index in [0.29, 0.717) is 11.6 Å². The Balaban J connectivity index is 2.50. The van der Waals surface area contributed by atoms with E-state index >= 15 is 0 Å². The van der Waals surface area contributed by atoms with Gasteiger partial charge in [0.15, 0.2) is 0 Å². The Morgan fingerprint density at radius 2 is 2.14 bits per heavy atom. The molecule has 14 heavy (non-hydrogen) atoms. The molecule has 1 unspecified atom stereocenters. The van der Waals surface area contributed by atoms with Crippen LogP contribution in [0.5, 0.6) is 0 Å². The number of hydrogen-bond donors (Lipinski definition) is 1.